The molecule has 1 N–H and O–H groups in total. The van der Waals surface area contributed by atoms with Gasteiger partial charge in [0.25, 0.3) is 0 Å². The van der Waals surface area contributed by atoms with Crippen molar-refractivity contribution in [2.24, 2.45) is 5.92 Å². The second kappa shape index (κ2) is 4.17. The van der Waals surface area contributed by atoms with Crippen LogP contribution < -0.4 is 5.32 Å². The summed E-state index contributed by atoms with van der Waals surface area (Å²) in [6, 6.07) is 0.378. The lowest BCUT2D eigenvalue weighted by Crippen LogP contribution is -2.48. The number of nitrogens with one attached hydrogen (secondary N) is 1. The standard InChI is InChI=1S/C10H18N2O2/c1-2-14-10(13)12-5-3-4-8-6-11-7-9(8)12/h8-9,11H,2-7H2,1H3. The number of hydrogen-bond acceptors (Lipinski definition) is 3. The molecule has 2 saturated heterocycles. The largest absolute Gasteiger partial charge is 0.450 e. The minimum absolute atomic E-state index is 0.133. The van der Waals surface area contributed by atoms with Crippen molar-refractivity contribution in [2.45, 2.75) is 25.8 Å². The highest BCUT2D eigenvalue weighted by atomic mass is 16.6. The molecule has 80 valence electrons. The minimum atomic E-state index is -0.133. The molecule has 2 fully saturated rings. The van der Waals surface area contributed by atoms with Gasteiger partial charge in [-0.05, 0) is 25.7 Å². The molecule has 2 aliphatic rings. The van der Waals surface area contributed by atoms with Crippen LogP contribution >= 0.6 is 0 Å². The zero-order chi connectivity index (χ0) is 9.97. The molecule has 1 amide bonds. The number of carbonyl (C=O) groups excluding carboxylic acids is 1. The van der Waals surface area contributed by atoms with Crippen molar-refractivity contribution in [1.82, 2.24) is 10.2 Å². The molecule has 0 aliphatic carbocycles. The number of likely N-dealkylation sites (tertiary alicyclic amines) is 1. The molecule has 2 rings (SSSR count). The van der Waals surface area contributed by atoms with Gasteiger partial charge in [-0.1, -0.05) is 0 Å². The number of amides is 1. The zero-order valence-corrected chi connectivity index (χ0v) is 8.66. The van der Waals surface area contributed by atoms with Crippen LogP contribution in [0.1, 0.15) is 19.8 Å². The van der Waals surface area contributed by atoms with E-state index in [0.29, 0.717) is 18.6 Å². The van der Waals surface area contributed by atoms with E-state index in [4.69, 9.17) is 4.74 Å². The summed E-state index contributed by atoms with van der Waals surface area (Å²) in [6.45, 7) is 5.18. The highest BCUT2D eigenvalue weighted by Gasteiger charge is 2.37. The molecule has 2 aliphatic heterocycles. The fourth-order valence-corrected chi connectivity index (χ4v) is 2.50. The zero-order valence-electron chi connectivity index (χ0n) is 8.66. The van der Waals surface area contributed by atoms with Crippen LogP contribution in [-0.2, 0) is 4.74 Å². The van der Waals surface area contributed by atoms with Gasteiger partial charge in [-0.25, -0.2) is 4.79 Å². The Labute approximate surface area is 84.6 Å². The summed E-state index contributed by atoms with van der Waals surface area (Å²) < 4.78 is 5.05. The first kappa shape index (κ1) is 9.77. The Morgan fingerprint density at radius 3 is 3.21 bits per heavy atom. The number of ether oxygens (including phenoxy) is 1. The fourth-order valence-electron chi connectivity index (χ4n) is 2.50. The van der Waals surface area contributed by atoms with Gasteiger partial charge in [0.05, 0.1) is 12.6 Å². The number of rotatable bonds is 1. The van der Waals surface area contributed by atoms with Gasteiger partial charge < -0.3 is 15.0 Å². The Morgan fingerprint density at radius 1 is 1.57 bits per heavy atom. The summed E-state index contributed by atoms with van der Waals surface area (Å²) in [7, 11) is 0. The predicted octanol–water partition coefficient (Wildman–Crippen LogP) is 0.827. The van der Waals surface area contributed by atoms with Crippen molar-refractivity contribution < 1.29 is 9.53 Å². The van der Waals surface area contributed by atoms with Crippen LogP contribution in [-0.4, -0.2) is 43.3 Å². The first-order chi connectivity index (χ1) is 6.83. The smallest absolute Gasteiger partial charge is 0.410 e. The van der Waals surface area contributed by atoms with Gasteiger partial charge >= 0.3 is 6.09 Å². The molecule has 0 saturated carbocycles. The van der Waals surface area contributed by atoms with Crippen molar-refractivity contribution in [2.75, 3.05) is 26.2 Å². The van der Waals surface area contributed by atoms with Crippen molar-refractivity contribution in [3.63, 3.8) is 0 Å². The van der Waals surface area contributed by atoms with E-state index < -0.39 is 0 Å². The maximum absolute atomic E-state index is 11.6. The monoisotopic (exact) mass is 198 g/mol. The van der Waals surface area contributed by atoms with Gasteiger partial charge in [-0.2, -0.15) is 0 Å². The number of piperidine rings is 1. The van der Waals surface area contributed by atoms with Gasteiger partial charge in [0.15, 0.2) is 0 Å². The molecule has 2 atom stereocenters. The molecular weight excluding hydrogens is 180 g/mol. The first-order valence-corrected chi connectivity index (χ1v) is 5.47. The topological polar surface area (TPSA) is 41.6 Å². The third kappa shape index (κ3) is 1.71. The van der Waals surface area contributed by atoms with E-state index in [2.05, 4.69) is 5.32 Å². The lowest BCUT2D eigenvalue weighted by atomic mass is 9.92. The molecule has 0 bridgehead atoms. The summed E-state index contributed by atoms with van der Waals surface area (Å²) in [6.07, 6.45) is 2.22. The van der Waals surface area contributed by atoms with E-state index in [1.165, 1.54) is 6.42 Å². The Hall–Kier alpha value is -0.770. The average Bonchev–Trinajstić information content (AvgIpc) is 2.65. The molecule has 0 aromatic carbocycles. The summed E-state index contributed by atoms with van der Waals surface area (Å²) >= 11 is 0. The Bertz CT molecular complexity index is 220. The number of nitrogens with zero attached hydrogens (tertiary/aromatic N) is 1. The molecule has 0 aromatic heterocycles. The maximum Gasteiger partial charge on any atom is 0.410 e. The van der Waals surface area contributed by atoms with Gasteiger partial charge in [0.1, 0.15) is 0 Å². The van der Waals surface area contributed by atoms with E-state index in [9.17, 15) is 4.79 Å². The normalized spacial score (nSPS) is 31.4. The highest BCUT2D eigenvalue weighted by Crippen LogP contribution is 2.26. The molecule has 2 unspecified atom stereocenters. The van der Waals surface area contributed by atoms with Crippen LogP contribution in [0.5, 0.6) is 0 Å². The van der Waals surface area contributed by atoms with Crippen LogP contribution in [0, 0.1) is 5.92 Å². The summed E-state index contributed by atoms with van der Waals surface area (Å²) in [5, 5.41) is 3.34. The molecule has 4 nitrogen and oxygen atoms in total. The molecule has 0 aromatic rings. The third-order valence-electron chi connectivity index (χ3n) is 3.18. The van der Waals surface area contributed by atoms with Crippen LogP contribution in [0.25, 0.3) is 0 Å². The SMILES string of the molecule is CCOC(=O)N1CCCC2CNCC21. The molecule has 2 heterocycles. The van der Waals surface area contributed by atoms with E-state index in [-0.39, 0.29) is 6.09 Å². The molecule has 0 radical (unpaired) electrons. The fraction of sp³-hybridized carbons (Fsp3) is 0.900. The van der Waals surface area contributed by atoms with Crippen LogP contribution in [0.4, 0.5) is 4.79 Å². The van der Waals surface area contributed by atoms with Crippen LogP contribution in [0.3, 0.4) is 0 Å². The lowest BCUT2D eigenvalue weighted by Gasteiger charge is -2.35. The summed E-state index contributed by atoms with van der Waals surface area (Å²) in [4.78, 5) is 13.5. The molecule has 0 spiro atoms. The minimum Gasteiger partial charge on any atom is -0.450 e. The van der Waals surface area contributed by atoms with E-state index in [0.717, 1.165) is 26.1 Å². The van der Waals surface area contributed by atoms with Crippen molar-refractivity contribution >= 4 is 6.09 Å². The van der Waals surface area contributed by atoms with Crippen LogP contribution in [0.15, 0.2) is 0 Å². The Balaban J connectivity index is 1.99. The second-order valence-corrected chi connectivity index (χ2v) is 4.02. The van der Waals surface area contributed by atoms with Crippen molar-refractivity contribution in [3.8, 4) is 0 Å². The highest BCUT2D eigenvalue weighted by molar-refractivity contribution is 5.68. The Morgan fingerprint density at radius 2 is 2.43 bits per heavy atom. The number of carbonyl (C=O) groups is 1. The van der Waals surface area contributed by atoms with Gasteiger partial charge in [-0.3, -0.25) is 0 Å². The maximum atomic E-state index is 11.6. The summed E-state index contributed by atoms with van der Waals surface area (Å²) in [5.74, 6) is 0.646. The number of hydrogen-bond donors (Lipinski definition) is 1. The molecular formula is C10H18N2O2. The van der Waals surface area contributed by atoms with Gasteiger partial charge in [0.2, 0.25) is 0 Å². The molecule has 4 heteroatoms. The Kier molecular flexibility index (Phi) is 2.91. The molecule has 14 heavy (non-hydrogen) atoms. The van der Waals surface area contributed by atoms with Crippen LogP contribution in [0.2, 0.25) is 0 Å². The number of fused-ring (bicyclic) bond motifs is 1. The first-order valence-electron chi connectivity index (χ1n) is 5.47. The third-order valence-corrected chi connectivity index (χ3v) is 3.18. The predicted molar refractivity (Wildman–Crippen MR) is 53.1 cm³/mol. The van der Waals surface area contributed by atoms with E-state index in [1.807, 2.05) is 11.8 Å². The van der Waals surface area contributed by atoms with Crippen molar-refractivity contribution in [3.05, 3.63) is 0 Å². The van der Waals surface area contributed by atoms with E-state index in [1.54, 1.807) is 0 Å². The lowest BCUT2D eigenvalue weighted by molar-refractivity contribution is 0.0694. The second-order valence-electron chi connectivity index (χ2n) is 4.02. The quantitative estimate of drug-likeness (QED) is 0.678. The summed E-state index contributed by atoms with van der Waals surface area (Å²) in [5.41, 5.74) is 0. The van der Waals surface area contributed by atoms with Gasteiger partial charge in [-0.15, -0.1) is 0 Å². The van der Waals surface area contributed by atoms with Gasteiger partial charge in [0, 0.05) is 19.6 Å². The average molecular weight is 198 g/mol. The van der Waals surface area contributed by atoms with E-state index >= 15 is 0 Å². The van der Waals surface area contributed by atoms with Crippen molar-refractivity contribution in [1.29, 1.82) is 0 Å².